The minimum Gasteiger partial charge on any atom is -0.311 e. The van der Waals surface area contributed by atoms with Crippen LogP contribution in [0.1, 0.15) is 18.9 Å². The topological polar surface area (TPSA) is 32.3 Å². The lowest BCUT2D eigenvalue weighted by Crippen LogP contribution is -2.38. The van der Waals surface area contributed by atoms with Crippen LogP contribution >= 0.6 is 11.6 Å². The zero-order valence-corrected chi connectivity index (χ0v) is 11.6. The van der Waals surface area contributed by atoms with Gasteiger partial charge >= 0.3 is 6.18 Å². The van der Waals surface area contributed by atoms with E-state index in [2.05, 4.69) is 5.32 Å². The Balaban J connectivity index is 2.29. The largest absolute Gasteiger partial charge is 0.417 e. The molecule has 1 aromatic carbocycles. The fraction of sp³-hybridized carbons (Fsp3) is 0.462. The maximum atomic E-state index is 12.8. The number of carbonyl (C=O) groups excluding carboxylic acids is 1. The fourth-order valence-electron chi connectivity index (χ4n) is 2.27. The highest BCUT2D eigenvalue weighted by Crippen LogP contribution is 2.37. The molecule has 1 fully saturated rings. The first-order valence-corrected chi connectivity index (χ1v) is 6.64. The highest BCUT2D eigenvalue weighted by Gasteiger charge is 2.36. The summed E-state index contributed by atoms with van der Waals surface area (Å²) in [5.74, 6) is -0.206. The van der Waals surface area contributed by atoms with Gasteiger partial charge in [0.05, 0.1) is 16.6 Å². The van der Waals surface area contributed by atoms with Crippen molar-refractivity contribution in [1.82, 2.24) is 5.32 Å². The number of halogens is 4. The number of amides is 1. The van der Waals surface area contributed by atoms with E-state index in [0.717, 1.165) is 6.07 Å². The first-order chi connectivity index (χ1) is 9.34. The molecule has 1 atom stereocenters. The first-order valence-electron chi connectivity index (χ1n) is 6.26. The van der Waals surface area contributed by atoms with E-state index in [9.17, 15) is 18.0 Å². The van der Waals surface area contributed by atoms with Gasteiger partial charge in [0, 0.05) is 12.2 Å². The third kappa shape index (κ3) is 2.91. The molecule has 7 heteroatoms. The van der Waals surface area contributed by atoms with Gasteiger partial charge in [-0.3, -0.25) is 4.79 Å². The van der Waals surface area contributed by atoms with Gasteiger partial charge < -0.3 is 10.2 Å². The zero-order chi connectivity index (χ0) is 14.9. The van der Waals surface area contributed by atoms with Gasteiger partial charge in [-0.2, -0.15) is 13.2 Å². The van der Waals surface area contributed by atoms with Crippen LogP contribution in [-0.2, 0) is 11.0 Å². The van der Waals surface area contributed by atoms with Crippen LogP contribution in [-0.4, -0.2) is 25.0 Å². The Morgan fingerprint density at radius 3 is 2.75 bits per heavy atom. The number of rotatable bonds is 3. The first kappa shape index (κ1) is 15.1. The monoisotopic (exact) mass is 306 g/mol. The zero-order valence-electron chi connectivity index (χ0n) is 10.8. The van der Waals surface area contributed by atoms with Crippen LogP contribution in [0.3, 0.4) is 0 Å². The quantitative estimate of drug-likeness (QED) is 0.931. The minimum absolute atomic E-state index is 0.206. The smallest absolute Gasteiger partial charge is 0.311 e. The van der Waals surface area contributed by atoms with E-state index in [1.807, 2.05) is 6.92 Å². The van der Waals surface area contributed by atoms with Gasteiger partial charge in [-0.25, -0.2) is 0 Å². The standard InChI is InChI=1S/C13H14ClF3N2O/c1-2-18-11-5-6-19(12(11)20)8-3-4-10(14)9(7-8)13(15,16)17/h3-4,7,11,18H,2,5-6H2,1H3. The predicted molar refractivity (Wildman–Crippen MR) is 70.9 cm³/mol. The summed E-state index contributed by atoms with van der Waals surface area (Å²) < 4.78 is 38.4. The van der Waals surface area contributed by atoms with Crippen molar-refractivity contribution in [3.05, 3.63) is 28.8 Å². The number of anilines is 1. The van der Waals surface area contributed by atoms with E-state index in [4.69, 9.17) is 11.6 Å². The number of benzene rings is 1. The molecule has 1 aromatic rings. The second kappa shape index (κ2) is 5.61. The van der Waals surface area contributed by atoms with Gasteiger partial charge in [-0.05, 0) is 31.2 Å². The number of alkyl halides is 3. The summed E-state index contributed by atoms with van der Waals surface area (Å²) in [4.78, 5) is 13.5. The minimum atomic E-state index is -4.53. The molecule has 1 aliphatic heterocycles. The van der Waals surface area contributed by atoms with E-state index in [1.54, 1.807) is 0 Å². The molecule has 1 amide bonds. The van der Waals surface area contributed by atoms with Gasteiger partial charge in [0.1, 0.15) is 0 Å². The number of nitrogens with one attached hydrogen (secondary N) is 1. The van der Waals surface area contributed by atoms with E-state index >= 15 is 0 Å². The van der Waals surface area contributed by atoms with Crippen LogP contribution in [0, 0.1) is 0 Å². The molecular weight excluding hydrogens is 293 g/mol. The van der Waals surface area contributed by atoms with E-state index in [0.29, 0.717) is 19.5 Å². The Morgan fingerprint density at radius 1 is 1.45 bits per heavy atom. The summed E-state index contributed by atoms with van der Waals surface area (Å²) in [5.41, 5.74) is -0.691. The average molecular weight is 307 g/mol. The van der Waals surface area contributed by atoms with Crippen molar-refractivity contribution in [3.63, 3.8) is 0 Å². The van der Waals surface area contributed by atoms with Gasteiger partial charge in [-0.1, -0.05) is 18.5 Å². The Morgan fingerprint density at radius 2 is 2.15 bits per heavy atom. The van der Waals surface area contributed by atoms with Crippen LogP contribution in [0.4, 0.5) is 18.9 Å². The number of hydrogen-bond donors (Lipinski definition) is 1. The van der Waals surface area contributed by atoms with Crippen molar-refractivity contribution >= 4 is 23.2 Å². The van der Waals surface area contributed by atoms with Crippen molar-refractivity contribution in [2.45, 2.75) is 25.6 Å². The summed E-state index contributed by atoms with van der Waals surface area (Å²) in [7, 11) is 0. The van der Waals surface area contributed by atoms with Crippen LogP contribution < -0.4 is 10.2 Å². The number of hydrogen-bond acceptors (Lipinski definition) is 2. The molecule has 0 radical (unpaired) electrons. The van der Waals surface area contributed by atoms with Crippen molar-refractivity contribution in [2.75, 3.05) is 18.0 Å². The van der Waals surface area contributed by atoms with Crippen LogP contribution in [0.15, 0.2) is 18.2 Å². The second-order valence-corrected chi connectivity index (χ2v) is 4.96. The summed E-state index contributed by atoms with van der Waals surface area (Å²) >= 11 is 5.57. The van der Waals surface area contributed by atoms with Crippen molar-refractivity contribution < 1.29 is 18.0 Å². The molecule has 1 N–H and O–H groups in total. The van der Waals surface area contributed by atoms with Gasteiger partial charge in [-0.15, -0.1) is 0 Å². The average Bonchev–Trinajstić information content (AvgIpc) is 2.71. The lowest BCUT2D eigenvalue weighted by Gasteiger charge is -2.19. The highest BCUT2D eigenvalue weighted by molar-refractivity contribution is 6.31. The van der Waals surface area contributed by atoms with Crippen molar-refractivity contribution in [1.29, 1.82) is 0 Å². The molecule has 1 heterocycles. The molecule has 20 heavy (non-hydrogen) atoms. The molecule has 3 nitrogen and oxygen atoms in total. The molecule has 0 bridgehead atoms. The van der Waals surface area contributed by atoms with Crippen LogP contribution in [0.25, 0.3) is 0 Å². The number of likely N-dealkylation sites (N-methyl/N-ethyl adjacent to an activating group) is 1. The van der Waals surface area contributed by atoms with Crippen molar-refractivity contribution in [3.8, 4) is 0 Å². The Kier molecular flexibility index (Phi) is 4.25. The molecule has 1 saturated heterocycles. The molecule has 0 aromatic heterocycles. The Bertz CT molecular complexity index is 519. The van der Waals surface area contributed by atoms with Gasteiger partial charge in [0.25, 0.3) is 0 Å². The Labute approximate surface area is 119 Å². The SMILES string of the molecule is CCNC1CCN(c2ccc(Cl)c(C(F)(F)F)c2)C1=O. The lowest BCUT2D eigenvalue weighted by atomic mass is 10.2. The third-order valence-corrected chi connectivity index (χ3v) is 3.55. The van der Waals surface area contributed by atoms with Gasteiger partial charge in [0.15, 0.2) is 0 Å². The number of carbonyl (C=O) groups is 1. The summed E-state index contributed by atoms with van der Waals surface area (Å²) in [6, 6.07) is 3.20. The van der Waals surface area contributed by atoms with E-state index in [-0.39, 0.29) is 22.7 Å². The lowest BCUT2D eigenvalue weighted by molar-refractivity contribution is -0.137. The fourth-order valence-corrected chi connectivity index (χ4v) is 2.50. The maximum absolute atomic E-state index is 12.8. The van der Waals surface area contributed by atoms with Crippen molar-refractivity contribution in [2.24, 2.45) is 0 Å². The van der Waals surface area contributed by atoms with Crippen LogP contribution in [0.2, 0.25) is 5.02 Å². The number of nitrogens with zero attached hydrogens (tertiary/aromatic N) is 1. The normalized spacial score (nSPS) is 19.8. The molecule has 0 spiro atoms. The maximum Gasteiger partial charge on any atom is 0.417 e. The molecule has 0 aliphatic carbocycles. The summed E-state index contributed by atoms with van der Waals surface area (Å²) in [5, 5.41) is 2.65. The van der Waals surface area contributed by atoms with E-state index in [1.165, 1.54) is 17.0 Å². The molecule has 1 aliphatic rings. The molecule has 1 unspecified atom stereocenters. The summed E-state index contributed by atoms with van der Waals surface area (Å²) in [6.07, 6.45) is -3.95. The predicted octanol–water partition coefficient (Wildman–Crippen LogP) is 3.07. The second-order valence-electron chi connectivity index (χ2n) is 4.55. The molecule has 110 valence electrons. The third-order valence-electron chi connectivity index (χ3n) is 3.22. The molecule has 2 rings (SSSR count). The van der Waals surface area contributed by atoms with Gasteiger partial charge in [0.2, 0.25) is 5.91 Å². The Hall–Kier alpha value is -1.27. The highest BCUT2D eigenvalue weighted by atomic mass is 35.5. The summed E-state index contributed by atoms with van der Waals surface area (Å²) in [6.45, 7) is 2.91. The van der Waals surface area contributed by atoms with E-state index < -0.39 is 11.7 Å². The molecule has 0 saturated carbocycles. The van der Waals surface area contributed by atoms with Crippen LogP contribution in [0.5, 0.6) is 0 Å². The molecular formula is C13H14ClF3N2O.